The van der Waals surface area contributed by atoms with Gasteiger partial charge in [-0.15, -0.1) is 0 Å². The quantitative estimate of drug-likeness (QED) is 0.886. The van der Waals surface area contributed by atoms with Crippen LogP contribution in [-0.4, -0.2) is 37.5 Å². The molecule has 23 heavy (non-hydrogen) atoms. The van der Waals surface area contributed by atoms with E-state index in [4.69, 9.17) is 21.1 Å². The second kappa shape index (κ2) is 6.54. The van der Waals surface area contributed by atoms with Gasteiger partial charge in [0.25, 0.3) is 0 Å². The molecule has 1 atom stereocenters. The zero-order valence-electron chi connectivity index (χ0n) is 13.5. The fraction of sp³-hybridized carbons (Fsp3) is 0.467. The van der Waals surface area contributed by atoms with Gasteiger partial charge in [0, 0.05) is 5.69 Å². The third kappa shape index (κ3) is 4.41. The molecule has 1 saturated heterocycles. The number of carbonyl (C=O) groups excluding carboxylic acids is 2. The summed E-state index contributed by atoms with van der Waals surface area (Å²) in [7, 11) is 1.52. The summed E-state index contributed by atoms with van der Waals surface area (Å²) >= 11 is 6.08. The van der Waals surface area contributed by atoms with Crippen molar-refractivity contribution in [2.24, 2.45) is 0 Å². The molecular weight excluding hydrogens is 322 g/mol. The number of halogens is 1. The average molecular weight is 342 g/mol. The Morgan fingerprint density at radius 3 is 2.70 bits per heavy atom. The molecule has 3 amide bonds. The van der Waals surface area contributed by atoms with E-state index in [1.54, 1.807) is 39.0 Å². The molecule has 0 aliphatic carbocycles. The molecule has 1 aliphatic rings. The summed E-state index contributed by atoms with van der Waals surface area (Å²) in [5.41, 5.74) is 0.0115. The molecule has 126 valence electrons. The number of carbonyl (C=O) groups is 2. The van der Waals surface area contributed by atoms with Crippen molar-refractivity contribution in [3.05, 3.63) is 23.2 Å². The van der Waals surface area contributed by atoms with E-state index in [9.17, 15) is 9.59 Å². The number of benzene rings is 1. The maximum atomic E-state index is 12.1. The second-order valence-electron chi connectivity index (χ2n) is 6.08. The Bertz CT molecular complexity index is 615. The minimum Gasteiger partial charge on any atom is -0.495 e. The van der Waals surface area contributed by atoms with Crippen LogP contribution in [-0.2, 0) is 4.74 Å². The Morgan fingerprint density at radius 2 is 2.13 bits per heavy atom. The molecule has 0 bridgehead atoms. The number of methoxy groups -OCH3 is 1. The smallest absolute Gasteiger partial charge is 0.409 e. The number of hydrogen-bond donors (Lipinski definition) is 2. The van der Waals surface area contributed by atoms with Crippen LogP contribution in [0.15, 0.2) is 18.2 Å². The van der Waals surface area contributed by atoms with Gasteiger partial charge in [-0.3, -0.25) is 10.2 Å². The molecule has 1 unspecified atom stereocenters. The number of urea groups is 1. The minimum absolute atomic E-state index is 0.265. The van der Waals surface area contributed by atoms with Crippen molar-refractivity contribution in [1.82, 2.24) is 10.6 Å². The SMILES string of the molecule is COc1ccc(N2CC(NC(=O)OC(C)(C)C)NC2=O)cc1Cl. The summed E-state index contributed by atoms with van der Waals surface area (Å²) in [5, 5.41) is 5.68. The Morgan fingerprint density at radius 1 is 1.43 bits per heavy atom. The first-order chi connectivity index (χ1) is 10.7. The number of nitrogens with one attached hydrogen (secondary N) is 2. The number of rotatable bonds is 3. The lowest BCUT2D eigenvalue weighted by Crippen LogP contribution is -2.46. The molecular formula is C15H20ClN3O4. The first-order valence-corrected chi connectivity index (χ1v) is 7.48. The van der Waals surface area contributed by atoms with Gasteiger partial charge in [0.2, 0.25) is 0 Å². The van der Waals surface area contributed by atoms with E-state index in [2.05, 4.69) is 10.6 Å². The first-order valence-electron chi connectivity index (χ1n) is 7.10. The standard InChI is InChI=1S/C15H20ClN3O4/c1-15(2,3)23-14(21)18-12-8-19(13(20)17-12)9-5-6-11(22-4)10(16)7-9/h5-7,12H,8H2,1-4H3,(H,17,20)(H,18,21). The van der Waals surface area contributed by atoms with Crippen molar-refractivity contribution < 1.29 is 19.1 Å². The molecule has 0 radical (unpaired) electrons. The molecule has 2 rings (SSSR count). The molecule has 1 fully saturated rings. The van der Waals surface area contributed by atoms with Gasteiger partial charge >= 0.3 is 12.1 Å². The van der Waals surface area contributed by atoms with E-state index >= 15 is 0 Å². The Kier molecular flexibility index (Phi) is 4.89. The Balaban J connectivity index is 2.02. The van der Waals surface area contributed by atoms with Gasteiger partial charge in [-0.25, -0.2) is 9.59 Å². The van der Waals surface area contributed by atoms with Crippen LogP contribution in [0.4, 0.5) is 15.3 Å². The molecule has 7 nitrogen and oxygen atoms in total. The third-order valence-electron chi connectivity index (χ3n) is 3.05. The van der Waals surface area contributed by atoms with Crippen molar-refractivity contribution in [3.8, 4) is 5.75 Å². The molecule has 8 heteroatoms. The van der Waals surface area contributed by atoms with Gasteiger partial charge in [0.1, 0.15) is 17.5 Å². The number of alkyl carbamates (subject to hydrolysis) is 1. The van der Waals surface area contributed by atoms with Crippen LogP contribution in [0.2, 0.25) is 5.02 Å². The van der Waals surface area contributed by atoms with Crippen LogP contribution in [0.3, 0.4) is 0 Å². The Labute approximate surface area is 139 Å². The van der Waals surface area contributed by atoms with E-state index in [0.717, 1.165) is 0 Å². The Hall–Kier alpha value is -2.15. The predicted octanol–water partition coefficient (Wildman–Crippen LogP) is 2.73. The largest absolute Gasteiger partial charge is 0.495 e. The van der Waals surface area contributed by atoms with Gasteiger partial charge in [0.05, 0.1) is 18.7 Å². The van der Waals surface area contributed by atoms with Gasteiger partial charge in [-0.05, 0) is 39.0 Å². The summed E-state index contributed by atoms with van der Waals surface area (Å²) in [6.07, 6.45) is -1.13. The third-order valence-corrected chi connectivity index (χ3v) is 3.34. The fourth-order valence-electron chi connectivity index (χ4n) is 2.12. The summed E-state index contributed by atoms with van der Waals surface area (Å²) in [6.45, 7) is 5.57. The van der Waals surface area contributed by atoms with Gasteiger partial charge < -0.3 is 14.8 Å². The van der Waals surface area contributed by atoms with Gasteiger partial charge in [-0.1, -0.05) is 11.6 Å². The molecule has 0 aromatic heterocycles. The number of hydrogen-bond acceptors (Lipinski definition) is 4. The van der Waals surface area contributed by atoms with Crippen LogP contribution in [0, 0.1) is 0 Å². The van der Waals surface area contributed by atoms with E-state index in [0.29, 0.717) is 16.5 Å². The van der Waals surface area contributed by atoms with E-state index in [1.165, 1.54) is 12.0 Å². The molecule has 0 spiro atoms. The monoisotopic (exact) mass is 341 g/mol. The number of ether oxygens (including phenoxy) is 2. The second-order valence-corrected chi connectivity index (χ2v) is 6.48. The normalized spacial score (nSPS) is 17.7. The van der Waals surface area contributed by atoms with E-state index in [1.807, 2.05) is 0 Å². The summed E-state index contributed by atoms with van der Waals surface area (Å²) < 4.78 is 10.3. The lowest BCUT2D eigenvalue weighted by atomic mass is 10.2. The van der Waals surface area contributed by atoms with E-state index in [-0.39, 0.29) is 12.6 Å². The van der Waals surface area contributed by atoms with Crippen molar-refractivity contribution in [2.75, 3.05) is 18.6 Å². The zero-order chi connectivity index (χ0) is 17.2. The highest BCUT2D eigenvalue weighted by atomic mass is 35.5. The van der Waals surface area contributed by atoms with Crippen molar-refractivity contribution >= 4 is 29.4 Å². The molecule has 1 aliphatic heterocycles. The van der Waals surface area contributed by atoms with Crippen molar-refractivity contribution in [3.63, 3.8) is 0 Å². The van der Waals surface area contributed by atoms with E-state index < -0.39 is 17.9 Å². The van der Waals surface area contributed by atoms with Gasteiger partial charge in [0.15, 0.2) is 0 Å². The molecule has 1 aromatic carbocycles. The summed E-state index contributed by atoms with van der Waals surface area (Å²) in [4.78, 5) is 25.3. The van der Waals surface area contributed by atoms with Crippen LogP contribution in [0.1, 0.15) is 20.8 Å². The predicted molar refractivity (Wildman–Crippen MR) is 87.0 cm³/mol. The molecule has 2 N–H and O–H groups in total. The van der Waals surface area contributed by atoms with Crippen LogP contribution >= 0.6 is 11.6 Å². The van der Waals surface area contributed by atoms with Crippen LogP contribution < -0.4 is 20.3 Å². The van der Waals surface area contributed by atoms with Gasteiger partial charge in [-0.2, -0.15) is 0 Å². The maximum absolute atomic E-state index is 12.1. The molecule has 1 aromatic rings. The maximum Gasteiger partial charge on any atom is 0.409 e. The summed E-state index contributed by atoms with van der Waals surface area (Å²) in [5.74, 6) is 0.526. The summed E-state index contributed by atoms with van der Waals surface area (Å²) in [6, 6.07) is 4.71. The highest BCUT2D eigenvalue weighted by Gasteiger charge is 2.32. The topological polar surface area (TPSA) is 79.9 Å². The molecule has 1 heterocycles. The average Bonchev–Trinajstić information content (AvgIpc) is 2.77. The van der Waals surface area contributed by atoms with Crippen molar-refractivity contribution in [2.45, 2.75) is 32.5 Å². The fourth-order valence-corrected chi connectivity index (χ4v) is 2.37. The minimum atomic E-state index is -0.601. The molecule has 0 saturated carbocycles. The lowest BCUT2D eigenvalue weighted by molar-refractivity contribution is 0.0505. The number of anilines is 1. The number of nitrogens with zero attached hydrogens (tertiary/aromatic N) is 1. The van der Waals surface area contributed by atoms with Crippen molar-refractivity contribution in [1.29, 1.82) is 0 Å². The first kappa shape index (κ1) is 17.2. The highest BCUT2D eigenvalue weighted by Crippen LogP contribution is 2.30. The highest BCUT2D eigenvalue weighted by molar-refractivity contribution is 6.32. The van der Waals surface area contributed by atoms with Crippen LogP contribution in [0.5, 0.6) is 5.75 Å². The lowest BCUT2D eigenvalue weighted by Gasteiger charge is -2.21. The van der Waals surface area contributed by atoms with Crippen LogP contribution in [0.25, 0.3) is 0 Å². The number of amides is 3. The zero-order valence-corrected chi connectivity index (χ0v) is 14.2.